The molecule has 4 aromatic rings. The normalized spacial score (nSPS) is 10.7. The highest BCUT2D eigenvalue weighted by atomic mass is 16.5. The van der Waals surface area contributed by atoms with Crippen LogP contribution in [0.1, 0.15) is 0 Å². The van der Waals surface area contributed by atoms with Crippen molar-refractivity contribution < 1.29 is 19.3 Å². The zero-order valence-electron chi connectivity index (χ0n) is 16.1. The number of rotatable bonds is 6. The molecule has 2 heterocycles. The van der Waals surface area contributed by atoms with E-state index in [1.54, 1.807) is 44.2 Å². The summed E-state index contributed by atoms with van der Waals surface area (Å²) in [4.78, 5) is 12.9. The molecule has 2 aromatic heterocycles. The van der Waals surface area contributed by atoms with Crippen LogP contribution in [0.5, 0.6) is 23.0 Å². The Morgan fingerprint density at radius 1 is 0.966 bits per heavy atom. The summed E-state index contributed by atoms with van der Waals surface area (Å²) >= 11 is 0. The molecule has 2 N–H and O–H groups in total. The number of aromatic hydroxyl groups is 1. The SMILES string of the molecule is COc1cc(Nc2ncnc(-n3cc(O)c4ccccc43)n2)cc(OC)c1OC. The van der Waals surface area contributed by atoms with E-state index < -0.39 is 0 Å². The minimum absolute atomic E-state index is 0.153. The summed E-state index contributed by atoms with van der Waals surface area (Å²) in [6.45, 7) is 0. The molecule has 0 atom stereocenters. The van der Waals surface area contributed by atoms with E-state index in [-0.39, 0.29) is 5.75 Å². The Morgan fingerprint density at radius 2 is 1.69 bits per heavy atom. The number of ether oxygens (including phenoxy) is 3. The zero-order valence-corrected chi connectivity index (χ0v) is 16.1. The lowest BCUT2D eigenvalue weighted by atomic mass is 10.2. The van der Waals surface area contributed by atoms with Crippen molar-refractivity contribution in [3.8, 4) is 28.9 Å². The minimum atomic E-state index is 0.153. The molecule has 0 radical (unpaired) electrons. The molecule has 2 aromatic carbocycles. The second kappa shape index (κ2) is 7.55. The minimum Gasteiger partial charge on any atom is -0.506 e. The van der Waals surface area contributed by atoms with Crippen LogP contribution in [0.4, 0.5) is 11.6 Å². The maximum absolute atomic E-state index is 10.2. The van der Waals surface area contributed by atoms with Crippen LogP contribution in [0.15, 0.2) is 48.9 Å². The standard InChI is InChI=1S/C20H19N5O4/c1-27-16-8-12(9-17(28-2)18(16)29-3)23-19-21-11-22-20(24-19)25-10-15(26)13-6-4-5-7-14(13)25/h4-11,26H,1-3H3,(H,21,22,23,24). The molecular formula is C20H19N5O4. The number of anilines is 2. The highest BCUT2D eigenvalue weighted by molar-refractivity contribution is 5.87. The highest BCUT2D eigenvalue weighted by Crippen LogP contribution is 2.40. The van der Waals surface area contributed by atoms with Crippen molar-refractivity contribution in [3.63, 3.8) is 0 Å². The van der Waals surface area contributed by atoms with Crippen LogP contribution in [0.2, 0.25) is 0 Å². The monoisotopic (exact) mass is 393 g/mol. The van der Waals surface area contributed by atoms with Gasteiger partial charge in [-0.25, -0.2) is 9.97 Å². The maximum atomic E-state index is 10.2. The summed E-state index contributed by atoms with van der Waals surface area (Å²) in [7, 11) is 4.64. The van der Waals surface area contributed by atoms with Crippen molar-refractivity contribution in [2.24, 2.45) is 0 Å². The van der Waals surface area contributed by atoms with Crippen molar-refractivity contribution in [1.29, 1.82) is 0 Å². The number of para-hydroxylation sites is 1. The number of nitrogens with zero attached hydrogens (tertiary/aromatic N) is 4. The fraction of sp³-hybridized carbons (Fsp3) is 0.150. The summed E-state index contributed by atoms with van der Waals surface area (Å²) in [5.74, 6) is 2.34. The van der Waals surface area contributed by atoms with Gasteiger partial charge in [0, 0.05) is 23.2 Å². The van der Waals surface area contributed by atoms with Crippen LogP contribution in [-0.2, 0) is 0 Å². The van der Waals surface area contributed by atoms with Gasteiger partial charge in [0.15, 0.2) is 11.5 Å². The molecule has 9 heteroatoms. The smallest absolute Gasteiger partial charge is 0.239 e. The van der Waals surface area contributed by atoms with E-state index in [2.05, 4.69) is 20.3 Å². The van der Waals surface area contributed by atoms with E-state index in [0.717, 1.165) is 5.52 Å². The molecule has 4 rings (SSSR count). The van der Waals surface area contributed by atoms with E-state index in [1.807, 2.05) is 24.3 Å². The van der Waals surface area contributed by atoms with Gasteiger partial charge >= 0.3 is 0 Å². The number of fused-ring (bicyclic) bond motifs is 1. The topological polar surface area (TPSA) is 104 Å². The Kier molecular flexibility index (Phi) is 4.78. The van der Waals surface area contributed by atoms with Crippen molar-refractivity contribution in [1.82, 2.24) is 19.5 Å². The third-order valence-corrected chi connectivity index (χ3v) is 4.39. The molecule has 148 valence electrons. The predicted molar refractivity (Wildman–Crippen MR) is 108 cm³/mol. The first-order valence-electron chi connectivity index (χ1n) is 8.70. The Morgan fingerprint density at radius 3 is 2.38 bits per heavy atom. The quantitative estimate of drug-likeness (QED) is 0.514. The van der Waals surface area contributed by atoms with Crippen molar-refractivity contribution in [3.05, 3.63) is 48.9 Å². The molecule has 0 amide bonds. The number of nitrogens with one attached hydrogen (secondary N) is 1. The fourth-order valence-electron chi connectivity index (χ4n) is 3.07. The van der Waals surface area contributed by atoms with Gasteiger partial charge in [0.1, 0.15) is 12.1 Å². The third kappa shape index (κ3) is 3.33. The first kappa shape index (κ1) is 18.4. The molecule has 0 aliphatic carbocycles. The molecule has 0 aliphatic heterocycles. The largest absolute Gasteiger partial charge is 0.506 e. The highest BCUT2D eigenvalue weighted by Gasteiger charge is 2.15. The van der Waals surface area contributed by atoms with Crippen LogP contribution < -0.4 is 19.5 Å². The molecule has 0 unspecified atom stereocenters. The number of benzene rings is 2. The molecule has 0 saturated heterocycles. The molecule has 0 bridgehead atoms. The summed E-state index contributed by atoms with van der Waals surface area (Å²) in [6.07, 6.45) is 2.97. The van der Waals surface area contributed by atoms with E-state index in [9.17, 15) is 5.11 Å². The molecular weight excluding hydrogens is 374 g/mol. The summed E-state index contributed by atoms with van der Waals surface area (Å²) < 4.78 is 17.8. The predicted octanol–water partition coefficient (Wildman–Crippen LogP) is 3.29. The van der Waals surface area contributed by atoms with Gasteiger partial charge in [0.25, 0.3) is 0 Å². The lowest BCUT2D eigenvalue weighted by Gasteiger charge is -2.14. The summed E-state index contributed by atoms with van der Waals surface area (Å²) in [5.41, 5.74) is 1.44. The second-order valence-corrected chi connectivity index (χ2v) is 6.05. The Labute approximate surface area is 166 Å². The zero-order chi connectivity index (χ0) is 20.4. The maximum Gasteiger partial charge on any atom is 0.239 e. The van der Waals surface area contributed by atoms with E-state index in [1.165, 1.54) is 6.33 Å². The van der Waals surface area contributed by atoms with Gasteiger partial charge in [0.2, 0.25) is 17.6 Å². The Hall–Kier alpha value is -4.01. The van der Waals surface area contributed by atoms with Gasteiger partial charge < -0.3 is 24.6 Å². The number of aromatic nitrogens is 4. The molecule has 0 spiro atoms. The number of methoxy groups -OCH3 is 3. The van der Waals surface area contributed by atoms with Crippen LogP contribution in [0.3, 0.4) is 0 Å². The number of hydrogen-bond donors (Lipinski definition) is 2. The lowest BCUT2D eigenvalue weighted by Crippen LogP contribution is -2.05. The van der Waals surface area contributed by atoms with Gasteiger partial charge in [0.05, 0.1) is 33.0 Å². The van der Waals surface area contributed by atoms with Crippen LogP contribution in [0.25, 0.3) is 16.9 Å². The van der Waals surface area contributed by atoms with Crippen LogP contribution in [0, 0.1) is 0 Å². The van der Waals surface area contributed by atoms with Gasteiger partial charge in [-0.2, -0.15) is 4.98 Å². The fourth-order valence-corrected chi connectivity index (χ4v) is 3.07. The second-order valence-electron chi connectivity index (χ2n) is 6.05. The molecule has 0 fully saturated rings. The van der Waals surface area contributed by atoms with Gasteiger partial charge in [-0.1, -0.05) is 12.1 Å². The number of hydrogen-bond acceptors (Lipinski definition) is 8. The molecule has 9 nitrogen and oxygen atoms in total. The van der Waals surface area contributed by atoms with Gasteiger partial charge in [-0.15, -0.1) is 0 Å². The first-order chi connectivity index (χ1) is 14.1. The van der Waals surface area contributed by atoms with Gasteiger partial charge in [-0.05, 0) is 12.1 Å². The van der Waals surface area contributed by atoms with Crippen molar-refractivity contribution >= 4 is 22.5 Å². The summed E-state index contributed by atoms with van der Waals surface area (Å²) in [6, 6.07) is 11.0. The average Bonchev–Trinajstić information content (AvgIpc) is 3.10. The molecule has 0 aliphatic rings. The molecule has 0 saturated carbocycles. The lowest BCUT2D eigenvalue weighted by molar-refractivity contribution is 0.324. The van der Waals surface area contributed by atoms with Crippen molar-refractivity contribution in [2.75, 3.05) is 26.6 Å². The van der Waals surface area contributed by atoms with Crippen LogP contribution in [-0.4, -0.2) is 46.0 Å². The molecule has 29 heavy (non-hydrogen) atoms. The van der Waals surface area contributed by atoms with Crippen LogP contribution >= 0.6 is 0 Å². The van der Waals surface area contributed by atoms with E-state index in [0.29, 0.717) is 40.2 Å². The third-order valence-electron chi connectivity index (χ3n) is 4.39. The van der Waals surface area contributed by atoms with E-state index >= 15 is 0 Å². The van der Waals surface area contributed by atoms with Gasteiger partial charge in [-0.3, -0.25) is 4.57 Å². The average molecular weight is 393 g/mol. The Bertz CT molecular complexity index is 1150. The van der Waals surface area contributed by atoms with Crippen molar-refractivity contribution in [2.45, 2.75) is 0 Å². The Balaban J connectivity index is 1.72. The summed E-state index contributed by atoms with van der Waals surface area (Å²) in [5, 5.41) is 14.0. The van der Waals surface area contributed by atoms with E-state index in [4.69, 9.17) is 14.2 Å². The first-order valence-corrected chi connectivity index (χ1v) is 8.70.